The van der Waals surface area contributed by atoms with Gasteiger partial charge in [-0.1, -0.05) is 6.92 Å². The summed E-state index contributed by atoms with van der Waals surface area (Å²) >= 11 is 0. The Morgan fingerprint density at radius 2 is 1.86 bits per heavy atom. The van der Waals surface area contributed by atoms with Gasteiger partial charge < -0.3 is 15.0 Å². The highest BCUT2D eigenvalue weighted by Gasteiger charge is 2.36. The molecule has 3 aromatic rings. The molecule has 1 aromatic carbocycles. The number of aromatic nitrogens is 4. The predicted molar refractivity (Wildman–Crippen MR) is 123 cm³/mol. The molecule has 1 fully saturated rings. The van der Waals surface area contributed by atoms with Gasteiger partial charge in [-0.05, 0) is 37.0 Å². The van der Waals surface area contributed by atoms with Crippen LogP contribution in [0, 0.1) is 11.7 Å². The number of piperidine rings is 1. The minimum absolute atomic E-state index is 0.000826. The molecule has 2 atom stereocenters. The third-order valence-corrected chi connectivity index (χ3v) is 6.17. The lowest BCUT2D eigenvalue weighted by atomic mass is 9.89. The van der Waals surface area contributed by atoms with Crippen LogP contribution in [0.4, 0.5) is 23.5 Å². The van der Waals surface area contributed by atoms with Crippen LogP contribution in [0.1, 0.15) is 35.7 Å². The van der Waals surface area contributed by atoms with E-state index in [1.807, 2.05) is 6.92 Å². The second-order valence-electron chi connectivity index (χ2n) is 8.44. The second kappa shape index (κ2) is 10.4. The van der Waals surface area contributed by atoms with Crippen LogP contribution in [-0.2, 0) is 6.18 Å². The molecule has 1 amide bonds. The van der Waals surface area contributed by atoms with E-state index < -0.39 is 29.5 Å². The maximum atomic E-state index is 15.5. The van der Waals surface area contributed by atoms with Crippen molar-refractivity contribution in [1.82, 2.24) is 24.8 Å². The summed E-state index contributed by atoms with van der Waals surface area (Å²) in [6.45, 7) is 2.50. The number of nitrogens with zero attached hydrogens (tertiary/aromatic N) is 5. The van der Waals surface area contributed by atoms with Crippen LogP contribution in [0.15, 0.2) is 43.0 Å². The van der Waals surface area contributed by atoms with Gasteiger partial charge in [0.15, 0.2) is 17.4 Å². The van der Waals surface area contributed by atoms with Crippen molar-refractivity contribution in [2.24, 2.45) is 5.92 Å². The summed E-state index contributed by atoms with van der Waals surface area (Å²) in [4.78, 5) is 31.2. The highest BCUT2D eigenvalue weighted by atomic mass is 19.4. The Balaban J connectivity index is 1.63. The number of rotatable bonds is 6. The normalized spacial score (nSPS) is 18.1. The number of likely N-dealkylation sites (tertiary alicyclic amines) is 1. The number of ether oxygens (including phenoxy) is 1. The molecule has 1 saturated heterocycles. The third kappa shape index (κ3) is 5.21. The number of alkyl halides is 3. The molecule has 2 aromatic heterocycles. The Kier molecular flexibility index (Phi) is 7.32. The summed E-state index contributed by atoms with van der Waals surface area (Å²) in [5.74, 6) is -1.24. The maximum absolute atomic E-state index is 15.5. The van der Waals surface area contributed by atoms with E-state index in [9.17, 15) is 18.0 Å². The van der Waals surface area contributed by atoms with Crippen LogP contribution in [0.25, 0.3) is 11.4 Å². The van der Waals surface area contributed by atoms with E-state index in [2.05, 4.69) is 25.3 Å². The largest absolute Gasteiger partial charge is 0.494 e. The lowest BCUT2D eigenvalue weighted by Gasteiger charge is -2.40. The number of methoxy groups -OCH3 is 1. The standard InChI is InChI=1S/C24H24F4N6O2/c1-14-5-3-10-34(17(14)13-33-23-31-11-15(12-32-23)24(26,27)28)22(35)19-16(21-29-8-4-9-30-21)6-7-18(36-2)20(19)25/h4,6-9,11-12,14,17H,3,5,10,13H2,1-2H3,(H,31,32,33)/t14-,17-/m1/s1. The van der Waals surface area contributed by atoms with Gasteiger partial charge in [0.25, 0.3) is 5.91 Å². The fraction of sp³-hybridized carbons (Fsp3) is 0.375. The van der Waals surface area contributed by atoms with E-state index in [0.29, 0.717) is 25.4 Å². The van der Waals surface area contributed by atoms with Crippen molar-refractivity contribution in [2.45, 2.75) is 32.0 Å². The summed E-state index contributed by atoms with van der Waals surface area (Å²) in [5, 5.41) is 2.92. The van der Waals surface area contributed by atoms with Crippen molar-refractivity contribution in [1.29, 1.82) is 0 Å². The quantitative estimate of drug-likeness (QED) is 0.496. The summed E-state index contributed by atoms with van der Waals surface area (Å²) < 4.78 is 59.0. The Morgan fingerprint density at radius 3 is 2.50 bits per heavy atom. The average Bonchev–Trinajstić information content (AvgIpc) is 2.87. The van der Waals surface area contributed by atoms with Gasteiger partial charge in [0.1, 0.15) is 0 Å². The van der Waals surface area contributed by atoms with Crippen molar-refractivity contribution in [3.05, 3.63) is 59.9 Å². The molecule has 1 aliphatic rings. The molecule has 1 N–H and O–H groups in total. The Morgan fingerprint density at radius 1 is 1.17 bits per heavy atom. The number of anilines is 1. The molecule has 36 heavy (non-hydrogen) atoms. The van der Waals surface area contributed by atoms with E-state index >= 15 is 4.39 Å². The first-order chi connectivity index (χ1) is 17.2. The molecule has 4 rings (SSSR count). The van der Waals surface area contributed by atoms with Gasteiger partial charge in [-0.15, -0.1) is 0 Å². The highest BCUT2D eigenvalue weighted by Crippen LogP contribution is 2.33. The summed E-state index contributed by atoms with van der Waals surface area (Å²) in [7, 11) is 1.31. The van der Waals surface area contributed by atoms with Crippen LogP contribution in [0.5, 0.6) is 5.75 Å². The van der Waals surface area contributed by atoms with Crippen LogP contribution in [0.3, 0.4) is 0 Å². The fourth-order valence-corrected chi connectivity index (χ4v) is 4.27. The van der Waals surface area contributed by atoms with Gasteiger partial charge in [0, 0.05) is 43.4 Å². The molecule has 8 nitrogen and oxygen atoms in total. The van der Waals surface area contributed by atoms with Gasteiger partial charge in [0.05, 0.1) is 24.3 Å². The van der Waals surface area contributed by atoms with Crippen LogP contribution in [-0.4, -0.2) is 57.0 Å². The minimum Gasteiger partial charge on any atom is -0.494 e. The van der Waals surface area contributed by atoms with Crippen molar-refractivity contribution in [3.8, 4) is 17.1 Å². The van der Waals surface area contributed by atoms with E-state index in [0.717, 1.165) is 6.42 Å². The number of nitrogens with one attached hydrogen (secondary N) is 1. The van der Waals surface area contributed by atoms with Crippen LogP contribution >= 0.6 is 0 Å². The smallest absolute Gasteiger partial charge is 0.419 e. The number of benzene rings is 1. The SMILES string of the molecule is COc1ccc(-c2ncccn2)c(C(=O)N2CCC[C@@H](C)[C@H]2CNc2ncc(C(F)(F)F)cn2)c1F. The molecule has 0 unspecified atom stereocenters. The zero-order valence-corrected chi connectivity index (χ0v) is 19.6. The number of hydrogen-bond donors (Lipinski definition) is 1. The van der Waals surface area contributed by atoms with E-state index in [1.165, 1.54) is 25.6 Å². The first-order valence-electron chi connectivity index (χ1n) is 11.3. The van der Waals surface area contributed by atoms with E-state index in [-0.39, 0.29) is 41.1 Å². The molecule has 3 heterocycles. The number of amides is 1. The second-order valence-corrected chi connectivity index (χ2v) is 8.44. The minimum atomic E-state index is -4.54. The average molecular weight is 504 g/mol. The first kappa shape index (κ1) is 25.3. The van der Waals surface area contributed by atoms with Crippen molar-refractivity contribution in [3.63, 3.8) is 0 Å². The number of hydrogen-bond acceptors (Lipinski definition) is 7. The zero-order valence-electron chi connectivity index (χ0n) is 19.6. The van der Waals surface area contributed by atoms with Gasteiger partial charge in [0.2, 0.25) is 5.95 Å². The maximum Gasteiger partial charge on any atom is 0.419 e. The molecule has 1 aliphatic heterocycles. The number of carbonyl (C=O) groups excluding carboxylic acids is 1. The van der Waals surface area contributed by atoms with E-state index in [4.69, 9.17) is 4.74 Å². The molecule has 0 bridgehead atoms. The molecule has 0 spiro atoms. The topological polar surface area (TPSA) is 93.1 Å². The third-order valence-electron chi connectivity index (χ3n) is 6.17. The molecule has 190 valence electrons. The van der Waals surface area contributed by atoms with Gasteiger partial charge in [-0.3, -0.25) is 4.79 Å². The molecule has 0 saturated carbocycles. The van der Waals surface area contributed by atoms with Crippen molar-refractivity contribution >= 4 is 11.9 Å². The summed E-state index contributed by atoms with van der Waals surface area (Å²) in [6.07, 6.45) is 1.38. The molecule has 12 heteroatoms. The Labute approximate surface area is 204 Å². The zero-order chi connectivity index (χ0) is 25.9. The monoisotopic (exact) mass is 504 g/mol. The molecular weight excluding hydrogens is 480 g/mol. The summed E-state index contributed by atoms with van der Waals surface area (Å²) in [6, 6.07) is 4.17. The van der Waals surface area contributed by atoms with Crippen molar-refractivity contribution in [2.75, 3.05) is 25.5 Å². The van der Waals surface area contributed by atoms with Gasteiger partial charge >= 0.3 is 6.18 Å². The predicted octanol–water partition coefficient (Wildman–Crippen LogP) is 4.45. The van der Waals surface area contributed by atoms with Crippen LogP contribution < -0.4 is 10.1 Å². The van der Waals surface area contributed by atoms with Crippen molar-refractivity contribution < 1.29 is 27.1 Å². The first-order valence-corrected chi connectivity index (χ1v) is 11.3. The Hall–Kier alpha value is -3.83. The van der Waals surface area contributed by atoms with Gasteiger partial charge in [-0.25, -0.2) is 24.3 Å². The lowest BCUT2D eigenvalue weighted by molar-refractivity contribution is -0.138. The highest BCUT2D eigenvalue weighted by molar-refractivity contribution is 6.01. The molecule has 0 aliphatic carbocycles. The summed E-state index contributed by atoms with van der Waals surface area (Å²) in [5.41, 5.74) is -0.930. The lowest BCUT2D eigenvalue weighted by Crippen LogP contribution is -2.51. The molecule has 0 radical (unpaired) electrons. The Bertz CT molecular complexity index is 1210. The number of carbonyl (C=O) groups is 1. The molecular formula is C24H24F4N6O2. The fourth-order valence-electron chi connectivity index (χ4n) is 4.27. The van der Waals surface area contributed by atoms with E-state index in [1.54, 1.807) is 17.0 Å². The number of halogens is 4. The van der Waals surface area contributed by atoms with Gasteiger partial charge in [-0.2, -0.15) is 13.2 Å². The van der Waals surface area contributed by atoms with Crippen LogP contribution in [0.2, 0.25) is 0 Å².